The Morgan fingerprint density at radius 2 is 1.72 bits per heavy atom. The molecule has 1 fully saturated rings. The summed E-state index contributed by atoms with van der Waals surface area (Å²) in [5, 5.41) is 60.6. The third-order valence-corrected chi connectivity index (χ3v) is 10.2. The first kappa shape index (κ1) is 38.5. The summed E-state index contributed by atoms with van der Waals surface area (Å²) in [6.45, 7) is -0.0543. The number of aromatic hydroxyl groups is 2. The Hall–Kier alpha value is -5.23. The summed E-state index contributed by atoms with van der Waals surface area (Å²) in [6, 6.07) is 11.4. The zero-order valence-electron chi connectivity index (χ0n) is 29.4. The van der Waals surface area contributed by atoms with Gasteiger partial charge in [0.1, 0.15) is 35.6 Å². The summed E-state index contributed by atoms with van der Waals surface area (Å²) in [4.78, 5) is 66.0. The normalized spacial score (nSPS) is 25.1. The van der Waals surface area contributed by atoms with Crippen molar-refractivity contribution in [2.45, 2.75) is 74.9 Å². The highest BCUT2D eigenvalue weighted by atomic mass is 16.7. The van der Waals surface area contributed by atoms with Crippen LogP contribution in [0.5, 0.6) is 17.2 Å². The lowest BCUT2D eigenvalue weighted by atomic mass is 9.72. The van der Waals surface area contributed by atoms with Crippen LogP contribution in [-0.2, 0) is 36.7 Å². The molecule has 286 valence electrons. The van der Waals surface area contributed by atoms with Gasteiger partial charge < -0.3 is 56.1 Å². The van der Waals surface area contributed by atoms with Gasteiger partial charge >= 0.3 is 0 Å². The number of hydrogen-bond donors (Lipinski definition) is 8. The number of phenols is 2. The van der Waals surface area contributed by atoms with Gasteiger partial charge in [0, 0.05) is 36.0 Å². The van der Waals surface area contributed by atoms with Gasteiger partial charge in [-0.15, -0.1) is 0 Å². The number of rotatable bonds is 11. The van der Waals surface area contributed by atoms with E-state index in [1.165, 1.54) is 32.2 Å². The molecule has 0 unspecified atom stereocenters. The molecule has 0 aromatic heterocycles. The lowest BCUT2D eigenvalue weighted by Crippen LogP contribution is -2.57. The van der Waals surface area contributed by atoms with E-state index in [1.54, 1.807) is 0 Å². The van der Waals surface area contributed by atoms with E-state index < -0.39 is 120 Å². The molecule has 6 rings (SSSR count). The number of nitrogens with two attached hydrogens (primary N) is 1. The predicted octanol–water partition coefficient (Wildman–Crippen LogP) is -0.155. The molecule has 0 spiro atoms. The van der Waals surface area contributed by atoms with Crippen molar-refractivity contribution in [3.63, 3.8) is 0 Å². The highest BCUT2D eigenvalue weighted by Gasteiger charge is 2.50. The van der Waals surface area contributed by atoms with E-state index in [0.29, 0.717) is 0 Å². The number of carbonyl (C=O) groups is 5. The lowest BCUT2D eigenvalue weighted by Gasteiger charge is -2.43. The minimum absolute atomic E-state index is 0.0506. The zero-order valence-corrected chi connectivity index (χ0v) is 29.4. The first-order chi connectivity index (χ1) is 25.7. The van der Waals surface area contributed by atoms with Gasteiger partial charge in [0.15, 0.2) is 17.9 Å². The molecule has 3 aliphatic rings. The van der Waals surface area contributed by atoms with E-state index >= 15 is 0 Å². The van der Waals surface area contributed by atoms with Gasteiger partial charge in [-0.25, -0.2) is 0 Å². The number of carbonyl (C=O) groups excluding carboxylic acids is 5. The van der Waals surface area contributed by atoms with Crippen molar-refractivity contribution >= 4 is 29.2 Å². The fraction of sp³-hybridized carbons (Fsp3) is 0.395. The van der Waals surface area contributed by atoms with Crippen LogP contribution in [0.4, 0.5) is 0 Å². The largest absolute Gasteiger partial charge is 0.507 e. The number of aliphatic hydroxyl groups is 3. The van der Waals surface area contributed by atoms with Gasteiger partial charge in [0.05, 0.1) is 54.6 Å². The lowest BCUT2D eigenvalue weighted by molar-refractivity contribution is -0.249. The van der Waals surface area contributed by atoms with Gasteiger partial charge in [0.25, 0.3) is 0 Å². The van der Waals surface area contributed by atoms with E-state index in [9.17, 15) is 49.5 Å². The molecule has 3 aromatic carbocycles. The number of benzene rings is 3. The minimum Gasteiger partial charge on any atom is -0.507 e. The summed E-state index contributed by atoms with van der Waals surface area (Å²) in [7, 11) is 1.30. The van der Waals surface area contributed by atoms with Crippen molar-refractivity contribution in [3.05, 3.63) is 87.5 Å². The first-order valence-corrected chi connectivity index (χ1v) is 17.3. The Kier molecular flexibility index (Phi) is 10.9. The Morgan fingerprint density at radius 1 is 1.02 bits per heavy atom. The molecule has 54 heavy (non-hydrogen) atoms. The van der Waals surface area contributed by atoms with Crippen LogP contribution in [0.3, 0.4) is 0 Å². The average Bonchev–Trinajstić information content (AvgIpc) is 3.15. The third kappa shape index (κ3) is 7.06. The number of nitrogens with one attached hydrogen (secondary N) is 2. The van der Waals surface area contributed by atoms with E-state index in [1.807, 2.05) is 30.3 Å². The Labute approximate surface area is 308 Å². The zero-order chi connectivity index (χ0) is 39.1. The highest BCUT2D eigenvalue weighted by Crippen LogP contribution is 2.52. The molecular formula is C38H41N3O13. The maximum atomic E-state index is 13.9. The van der Waals surface area contributed by atoms with Crippen LogP contribution in [0.2, 0.25) is 0 Å². The van der Waals surface area contributed by atoms with Crippen molar-refractivity contribution in [2.24, 2.45) is 5.73 Å². The second kappa shape index (κ2) is 15.3. The minimum atomic E-state index is -2.36. The van der Waals surface area contributed by atoms with Crippen molar-refractivity contribution in [1.82, 2.24) is 10.6 Å². The highest BCUT2D eigenvalue weighted by molar-refractivity contribution is 6.31. The first-order valence-electron chi connectivity index (χ1n) is 17.3. The van der Waals surface area contributed by atoms with Crippen molar-refractivity contribution in [3.8, 4) is 17.2 Å². The van der Waals surface area contributed by atoms with Gasteiger partial charge in [-0.2, -0.15) is 0 Å². The summed E-state index contributed by atoms with van der Waals surface area (Å²) in [5.41, 5.74) is 2.69. The fourth-order valence-corrected chi connectivity index (χ4v) is 7.38. The molecule has 7 atom stereocenters. The van der Waals surface area contributed by atoms with Crippen LogP contribution >= 0.6 is 0 Å². The number of Topliss-reactive ketones (excluding diaryl/α,β-unsaturated/α-hetero) is 1. The van der Waals surface area contributed by atoms with E-state index in [2.05, 4.69) is 10.6 Å². The van der Waals surface area contributed by atoms with Crippen molar-refractivity contribution in [1.29, 1.82) is 0 Å². The average molecular weight is 748 g/mol. The number of methoxy groups -OCH3 is 1. The van der Waals surface area contributed by atoms with Crippen LogP contribution in [0.15, 0.2) is 48.5 Å². The van der Waals surface area contributed by atoms with Crippen LogP contribution in [0.1, 0.15) is 74.4 Å². The van der Waals surface area contributed by atoms with E-state index in [4.69, 9.17) is 19.9 Å². The summed E-state index contributed by atoms with van der Waals surface area (Å²) >= 11 is 0. The van der Waals surface area contributed by atoms with Crippen LogP contribution in [0.25, 0.3) is 0 Å². The van der Waals surface area contributed by atoms with E-state index in [0.717, 1.165) is 5.56 Å². The molecule has 1 heterocycles. The predicted molar refractivity (Wildman–Crippen MR) is 187 cm³/mol. The molecule has 2 amide bonds. The molecular weight excluding hydrogens is 706 g/mol. The van der Waals surface area contributed by atoms with Crippen LogP contribution in [0, 0.1) is 0 Å². The quantitative estimate of drug-likeness (QED) is 0.0928. The number of ketones is 3. The molecule has 2 aliphatic carbocycles. The molecule has 1 aliphatic heterocycles. The van der Waals surface area contributed by atoms with Gasteiger partial charge in [-0.05, 0) is 25.0 Å². The third-order valence-electron chi connectivity index (χ3n) is 10.2. The van der Waals surface area contributed by atoms with Crippen LogP contribution in [-0.4, -0.2) is 111 Å². The second-order valence-corrected chi connectivity index (χ2v) is 13.7. The monoisotopic (exact) mass is 747 g/mol. The standard InChI is InChI=1S/C38H41N3O13/c1-17-32(45)22(41-26(44)15-40-37(50)21(39)11-18-7-4-3-5-8-18)12-27(53-17)54-24-14-38(51,25(43)16-42)13-20-29(24)36(49)31-30(34(20)47)33(46)19-9-6-10-23(52-2)28(19)35(31)48/h3-10,17,21-22,24,27,32,42,45,47,49,51H,11-16,39H2,1-2H3,(H,40,50)(H,41,44)/t17-,21-,22-,24-,27-,32+,38-/m0/s1. The SMILES string of the molecule is COc1cccc2c1C(=O)c1c(O)c3c(c(O)c1C2=O)C[C@@](O)(C(=O)CO)C[C@@H]3O[C@H]1C[C@H](NC(=O)CNC(=O)[C@@H](N)Cc2ccccc2)[C@H](O)[C@H](C)O1. The molecule has 9 N–H and O–H groups in total. The second-order valence-electron chi connectivity index (χ2n) is 13.7. The molecule has 1 saturated heterocycles. The van der Waals surface area contributed by atoms with E-state index in [-0.39, 0.29) is 40.8 Å². The Bertz CT molecular complexity index is 2000. The maximum Gasteiger partial charge on any atom is 0.239 e. The fourth-order valence-electron chi connectivity index (χ4n) is 7.38. The number of fused-ring (bicyclic) bond motifs is 3. The number of hydrogen-bond acceptors (Lipinski definition) is 14. The Morgan fingerprint density at radius 3 is 2.41 bits per heavy atom. The number of amides is 2. The Balaban J connectivity index is 1.25. The van der Waals surface area contributed by atoms with Gasteiger partial charge in [-0.1, -0.05) is 42.5 Å². The maximum absolute atomic E-state index is 13.9. The molecule has 0 radical (unpaired) electrons. The summed E-state index contributed by atoms with van der Waals surface area (Å²) in [6.07, 6.45) is -6.20. The molecule has 3 aromatic rings. The molecule has 0 saturated carbocycles. The number of ether oxygens (including phenoxy) is 3. The summed E-state index contributed by atoms with van der Waals surface area (Å²) in [5.74, 6) is -5.39. The van der Waals surface area contributed by atoms with Gasteiger partial charge in [0.2, 0.25) is 17.6 Å². The smallest absolute Gasteiger partial charge is 0.239 e. The molecule has 16 nitrogen and oxygen atoms in total. The topological polar surface area (TPSA) is 264 Å². The van der Waals surface area contributed by atoms with Crippen LogP contribution < -0.4 is 21.1 Å². The van der Waals surface area contributed by atoms with Crippen molar-refractivity contribution in [2.75, 3.05) is 20.3 Å². The molecule has 0 bridgehead atoms. The number of phenolic OH excluding ortho intramolecular Hbond substituents is 2. The molecule has 16 heteroatoms. The number of aliphatic hydroxyl groups excluding tert-OH is 2. The van der Waals surface area contributed by atoms with Crippen molar-refractivity contribution < 1.29 is 63.7 Å². The van der Waals surface area contributed by atoms with Gasteiger partial charge in [-0.3, -0.25) is 24.0 Å². The summed E-state index contributed by atoms with van der Waals surface area (Å²) < 4.78 is 17.4.